The average Bonchev–Trinajstić information content (AvgIpc) is 2.54. The number of nitrogens with zero attached hydrogens (tertiary/aromatic N) is 2. The number of rotatable bonds is 3. The Morgan fingerprint density at radius 1 is 1.26 bits per heavy atom. The number of pyridine rings is 2. The standard InChI is InChI=1S/C18H23N3O2/c1-18(2,23)14-5-7-15(8-6-14)21-17(22)13-10-12-4-3-9-19-16(12)20-11-13/h3-4,9-11,14-15,23H,5-8H2,1-2H3,(H,21,22). The second-order valence-electron chi connectivity index (χ2n) is 6.95. The van der Waals surface area contributed by atoms with Crippen LogP contribution in [0.2, 0.25) is 0 Å². The third kappa shape index (κ3) is 3.67. The number of carbonyl (C=O) groups is 1. The minimum absolute atomic E-state index is 0.0880. The van der Waals surface area contributed by atoms with Crippen molar-refractivity contribution < 1.29 is 9.90 Å². The Labute approximate surface area is 136 Å². The molecule has 1 aliphatic carbocycles. The second kappa shape index (κ2) is 6.24. The van der Waals surface area contributed by atoms with Crippen LogP contribution in [0.3, 0.4) is 0 Å². The molecule has 0 aliphatic heterocycles. The molecule has 5 nitrogen and oxygen atoms in total. The molecule has 0 atom stereocenters. The van der Waals surface area contributed by atoms with Crippen molar-refractivity contribution in [2.24, 2.45) is 5.92 Å². The van der Waals surface area contributed by atoms with Crippen LogP contribution in [0.5, 0.6) is 0 Å². The van der Waals surface area contributed by atoms with Crippen molar-refractivity contribution in [2.45, 2.75) is 51.2 Å². The smallest absolute Gasteiger partial charge is 0.253 e. The predicted molar refractivity (Wildman–Crippen MR) is 89.0 cm³/mol. The number of hydrogen-bond donors (Lipinski definition) is 2. The summed E-state index contributed by atoms with van der Waals surface area (Å²) in [5.41, 5.74) is 0.578. The zero-order valence-electron chi connectivity index (χ0n) is 13.6. The summed E-state index contributed by atoms with van der Waals surface area (Å²) in [4.78, 5) is 20.8. The Bertz CT molecular complexity index is 701. The van der Waals surface area contributed by atoms with Gasteiger partial charge in [-0.2, -0.15) is 0 Å². The summed E-state index contributed by atoms with van der Waals surface area (Å²) in [6, 6.07) is 5.74. The van der Waals surface area contributed by atoms with E-state index in [-0.39, 0.29) is 11.9 Å². The van der Waals surface area contributed by atoms with Gasteiger partial charge in [0.1, 0.15) is 0 Å². The quantitative estimate of drug-likeness (QED) is 0.913. The van der Waals surface area contributed by atoms with Crippen LogP contribution in [0, 0.1) is 5.92 Å². The number of nitrogens with one attached hydrogen (secondary N) is 1. The molecular formula is C18H23N3O2. The Morgan fingerprint density at radius 3 is 2.70 bits per heavy atom. The van der Waals surface area contributed by atoms with E-state index in [0.29, 0.717) is 17.1 Å². The van der Waals surface area contributed by atoms with Gasteiger partial charge in [-0.3, -0.25) is 4.79 Å². The summed E-state index contributed by atoms with van der Waals surface area (Å²) in [5, 5.41) is 14.0. The Balaban J connectivity index is 1.63. The van der Waals surface area contributed by atoms with E-state index in [1.54, 1.807) is 12.4 Å². The molecular weight excluding hydrogens is 290 g/mol. The first-order valence-electron chi connectivity index (χ1n) is 8.17. The minimum atomic E-state index is -0.635. The lowest BCUT2D eigenvalue weighted by atomic mass is 9.77. The molecule has 2 N–H and O–H groups in total. The van der Waals surface area contributed by atoms with Crippen LogP contribution in [0.15, 0.2) is 30.6 Å². The van der Waals surface area contributed by atoms with Gasteiger partial charge in [0.15, 0.2) is 5.65 Å². The van der Waals surface area contributed by atoms with Crippen LogP contribution < -0.4 is 5.32 Å². The second-order valence-corrected chi connectivity index (χ2v) is 6.95. The number of amides is 1. The van der Waals surface area contributed by atoms with E-state index in [0.717, 1.165) is 31.1 Å². The van der Waals surface area contributed by atoms with Crippen molar-refractivity contribution in [1.29, 1.82) is 0 Å². The maximum Gasteiger partial charge on any atom is 0.253 e. The van der Waals surface area contributed by atoms with E-state index in [1.165, 1.54) is 0 Å². The molecule has 122 valence electrons. The summed E-state index contributed by atoms with van der Waals surface area (Å²) >= 11 is 0. The van der Waals surface area contributed by atoms with Crippen molar-refractivity contribution in [3.8, 4) is 0 Å². The fraction of sp³-hybridized carbons (Fsp3) is 0.500. The van der Waals surface area contributed by atoms with Gasteiger partial charge in [-0.15, -0.1) is 0 Å². The van der Waals surface area contributed by atoms with Crippen molar-refractivity contribution in [3.63, 3.8) is 0 Å². The molecule has 0 spiro atoms. The van der Waals surface area contributed by atoms with Crippen LogP contribution in [-0.4, -0.2) is 32.6 Å². The van der Waals surface area contributed by atoms with Gasteiger partial charge in [0.25, 0.3) is 5.91 Å². The van der Waals surface area contributed by atoms with E-state index in [9.17, 15) is 9.90 Å². The van der Waals surface area contributed by atoms with Crippen molar-refractivity contribution >= 4 is 16.9 Å². The molecule has 0 bridgehead atoms. The van der Waals surface area contributed by atoms with E-state index in [1.807, 2.05) is 32.0 Å². The third-order valence-electron chi connectivity index (χ3n) is 4.78. The first-order chi connectivity index (χ1) is 10.9. The largest absolute Gasteiger partial charge is 0.390 e. The average molecular weight is 313 g/mol. The Morgan fingerprint density at radius 2 is 2.00 bits per heavy atom. The van der Waals surface area contributed by atoms with Crippen LogP contribution in [0.4, 0.5) is 0 Å². The number of carbonyl (C=O) groups excluding carboxylic acids is 1. The van der Waals surface area contributed by atoms with Gasteiger partial charge in [0.05, 0.1) is 11.2 Å². The van der Waals surface area contributed by atoms with Crippen LogP contribution in [0.1, 0.15) is 49.9 Å². The molecule has 1 aliphatic rings. The first-order valence-corrected chi connectivity index (χ1v) is 8.17. The van der Waals surface area contributed by atoms with Gasteiger partial charge < -0.3 is 10.4 Å². The summed E-state index contributed by atoms with van der Waals surface area (Å²) in [6.45, 7) is 3.73. The molecule has 1 fully saturated rings. The summed E-state index contributed by atoms with van der Waals surface area (Å²) < 4.78 is 0. The maximum atomic E-state index is 12.4. The zero-order chi connectivity index (χ0) is 16.4. The highest BCUT2D eigenvalue weighted by Crippen LogP contribution is 2.32. The number of aromatic nitrogens is 2. The fourth-order valence-electron chi connectivity index (χ4n) is 3.30. The Hall–Kier alpha value is -2.01. The van der Waals surface area contributed by atoms with E-state index in [4.69, 9.17) is 0 Å². The van der Waals surface area contributed by atoms with E-state index >= 15 is 0 Å². The normalized spacial score (nSPS) is 22.0. The summed E-state index contributed by atoms with van der Waals surface area (Å²) in [6.07, 6.45) is 6.96. The molecule has 0 aromatic carbocycles. The van der Waals surface area contributed by atoms with Gasteiger partial charge in [0.2, 0.25) is 0 Å². The molecule has 0 saturated heterocycles. The molecule has 23 heavy (non-hydrogen) atoms. The number of fused-ring (bicyclic) bond motifs is 1. The zero-order valence-corrected chi connectivity index (χ0v) is 13.6. The lowest BCUT2D eigenvalue weighted by molar-refractivity contribution is -0.00257. The molecule has 5 heteroatoms. The molecule has 3 rings (SSSR count). The van der Waals surface area contributed by atoms with Crippen LogP contribution >= 0.6 is 0 Å². The van der Waals surface area contributed by atoms with Gasteiger partial charge >= 0.3 is 0 Å². The highest BCUT2D eigenvalue weighted by molar-refractivity contribution is 5.96. The van der Waals surface area contributed by atoms with E-state index in [2.05, 4.69) is 15.3 Å². The number of aliphatic hydroxyl groups is 1. The molecule has 0 unspecified atom stereocenters. The minimum Gasteiger partial charge on any atom is -0.390 e. The van der Waals surface area contributed by atoms with Gasteiger partial charge in [-0.25, -0.2) is 9.97 Å². The monoisotopic (exact) mass is 313 g/mol. The molecule has 0 radical (unpaired) electrons. The molecule has 2 aromatic heterocycles. The van der Waals surface area contributed by atoms with Gasteiger partial charge in [0, 0.05) is 23.8 Å². The predicted octanol–water partition coefficient (Wildman–Crippen LogP) is 2.69. The summed E-state index contributed by atoms with van der Waals surface area (Å²) in [5.74, 6) is 0.221. The van der Waals surface area contributed by atoms with Crippen LogP contribution in [-0.2, 0) is 0 Å². The molecule has 2 heterocycles. The van der Waals surface area contributed by atoms with Crippen LogP contribution in [0.25, 0.3) is 11.0 Å². The highest BCUT2D eigenvalue weighted by atomic mass is 16.3. The molecule has 1 amide bonds. The highest BCUT2D eigenvalue weighted by Gasteiger charge is 2.31. The van der Waals surface area contributed by atoms with Crippen molar-refractivity contribution in [1.82, 2.24) is 15.3 Å². The first kappa shape index (κ1) is 15.9. The van der Waals surface area contributed by atoms with Crippen molar-refractivity contribution in [2.75, 3.05) is 0 Å². The van der Waals surface area contributed by atoms with Gasteiger partial charge in [-0.1, -0.05) is 0 Å². The van der Waals surface area contributed by atoms with Gasteiger partial charge in [-0.05, 0) is 63.6 Å². The number of hydrogen-bond acceptors (Lipinski definition) is 4. The van der Waals surface area contributed by atoms with E-state index < -0.39 is 5.60 Å². The molecule has 1 saturated carbocycles. The van der Waals surface area contributed by atoms with Crippen molar-refractivity contribution in [3.05, 3.63) is 36.2 Å². The topological polar surface area (TPSA) is 75.1 Å². The lowest BCUT2D eigenvalue weighted by Crippen LogP contribution is -2.41. The lowest BCUT2D eigenvalue weighted by Gasteiger charge is -2.36. The third-order valence-corrected chi connectivity index (χ3v) is 4.78. The Kier molecular flexibility index (Phi) is 4.31. The molecule has 2 aromatic rings. The SMILES string of the molecule is CC(C)(O)C1CCC(NC(=O)c2cnc3ncccc3c2)CC1. The summed E-state index contributed by atoms with van der Waals surface area (Å²) in [7, 11) is 0. The maximum absolute atomic E-state index is 12.4. The fourth-order valence-corrected chi connectivity index (χ4v) is 3.30.